The lowest BCUT2D eigenvalue weighted by Gasteiger charge is -2.18. The fraction of sp³-hybridized carbons (Fsp3) is 0.636. The van der Waals surface area contributed by atoms with Crippen molar-refractivity contribution in [1.82, 2.24) is 0 Å². The highest BCUT2D eigenvalue weighted by atomic mass is 16.4. The van der Waals surface area contributed by atoms with Crippen LogP contribution in [0.3, 0.4) is 0 Å². The lowest BCUT2D eigenvalue weighted by Crippen LogP contribution is -2.17. The summed E-state index contributed by atoms with van der Waals surface area (Å²) in [7, 11) is 0. The molecule has 14 heavy (non-hydrogen) atoms. The Morgan fingerprint density at radius 1 is 1.50 bits per heavy atom. The Morgan fingerprint density at radius 2 is 2.21 bits per heavy atom. The van der Waals surface area contributed by atoms with Crippen LogP contribution < -0.4 is 0 Å². The van der Waals surface area contributed by atoms with Gasteiger partial charge in [0, 0.05) is 12.3 Å². The maximum atomic E-state index is 11.5. The Morgan fingerprint density at radius 3 is 2.71 bits per heavy atom. The highest BCUT2D eigenvalue weighted by molar-refractivity contribution is 5.84. The van der Waals surface area contributed by atoms with Crippen molar-refractivity contribution < 1.29 is 14.7 Å². The van der Waals surface area contributed by atoms with Crippen LogP contribution in [0.15, 0.2) is 11.6 Å². The van der Waals surface area contributed by atoms with E-state index in [9.17, 15) is 9.59 Å². The fourth-order valence-electron chi connectivity index (χ4n) is 1.69. The summed E-state index contributed by atoms with van der Waals surface area (Å²) in [6.45, 7) is 2.07. The van der Waals surface area contributed by atoms with E-state index in [2.05, 4.69) is 13.0 Å². The van der Waals surface area contributed by atoms with Crippen LogP contribution in [0.5, 0.6) is 0 Å². The molecule has 1 N–H and O–H groups in total. The summed E-state index contributed by atoms with van der Waals surface area (Å²) < 4.78 is 0. The quantitative estimate of drug-likeness (QED) is 0.701. The minimum absolute atomic E-state index is 0.0297. The van der Waals surface area contributed by atoms with Crippen molar-refractivity contribution >= 4 is 11.8 Å². The van der Waals surface area contributed by atoms with Crippen LogP contribution in [-0.4, -0.2) is 16.9 Å². The van der Waals surface area contributed by atoms with Crippen LogP contribution in [0.1, 0.15) is 39.0 Å². The highest BCUT2D eigenvalue weighted by Gasteiger charge is 2.20. The molecule has 0 aliphatic heterocycles. The number of Topliss-reactive ketones (excluding diaryl/α,β-unsaturated/α-hetero) is 1. The molecule has 0 fully saturated rings. The SMILES string of the molecule is CC1=CCC(C(=O)CCC(=O)O)CC1. The van der Waals surface area contributed by atoms with Crippen molar-refractivity contribution in [2.45, 2.75) is 39.0 Å². The largest absolute Gasteiger partial charge is 0.481 e. The van der Waals surface area contributed by atoms with Crippen molar-refractivity contribution in [2.24, 2.45) is 5.92 Å². The van der Waals surface area contributed by atoms with Gasteiger partial charge >= 0.3 is 5.97 Å². The molecule has 1 unspecified atom stereocenters. The summed E-state index contributed by atoms with van der Waals surface area (Å²) >= 11 is 0. The number of carbonyl (C=O) groups excluding carboxylic acids is 1. The number of carbonyl (C=O) groups is 2. The summed E-state index contributed by atoms with van der Waals surface area (Å²) in [6.07, 6.45) is 4.91. The topological polar surface area (TPSA) is 54.4 Å². The minimum atomic E-state index is -0.888. The number of hydrogen-bond donors (Lipinski definition) is 1. The Bertz CT molecular complexity index is 266. The molecule has 3 heteroatoms. The molecular weight excluding hydrogens is 180 g/mol. The maximum Gasteiger partial charge on any atom is 0.303 e. The number of carboxylic acids is 1. The van der Waals surface area contributed by atoms with E-state index in [0.717, 1.165) is 19.3 Å². The highest BCUT2D eigenvalue weighted by Crippen LogP contribution is 2.24. The predicted molar refractivity (Wildman–Crippen MR) is 53.0 cm³/mol. The van der Waals surface area contributed by atoms with Gasteiger partial charge < -0.3 is 5.11 Å². The molecule has 1 atom stereocenters. The Labute approximate surface area is 83.8 Å². The van der Waals surface area contributed by atoms with Crippen molar-refractivity contribution in [2.75, 3.05) is 0 Å². The lowest BCUT2D eigenvalue weighted by molar-refractivity contribution is -0.139. The molecule has 1 rings (SSSR count). The van der Waals surface area contributed by atoms with E-state index in [1.54, 1.807) is 0 Å². The number of rotatable bonds is 4. The van der Waals surface area contributed by atoms with E-state index in [0.29, 0.717) is 0 Å². The zero-order valence-electron chi connectivity index (χ0n) is 8.45. The van der Waals surface area contributed by atoms with Crippen LogP contribution in [0, 0.1) is 5.92 Å². The van der Waals surface area contributed by atoms with Gasteiger partial charge in [-0.3, -0.25) is 9.59 Å². The van der Waals surface area contributed by atoms with Crippen LogP contribution in [0.4, 0.5) is 0 Å². The number of carboxylic acid groups (broad SMARTS) is 1. The standard InChI is InChI=1S/C11H16O3/c1-8-2-4-9(5-3-8)10(12)6-7-11(13)14/h2,9H,3-7H2,1H3,(H,13,14). The molecule has 1 aliphatic carbocycles. The Balaban J connectivity index is 2.35. The Hall–Kier alpha value is -1.12. The molecular formula is C11H16O3. The van der Waals surface area contributed by atoms with Crippen molar-refractivity contribution in [3.63, 3.8) is 0 Å². The van der Waals surface area contributed by atoms with Gasteiger partial charge in [0.05, 0.1) is 6.42 Å². The van der Waals surface area contributed by atoms with Gasteiger partial charge in [-0.15, -0.1) is 0 Å². The molecule has 0 amide bonds. The predicted octanol–water partition coefficient (Wildman–Crippen LogP) is 2.17. The molecule has 0 spiro atoms. The molecule has 1 aliphatic rings. The van der Waals surface area contributed by atoms with Crippen molar-refractivity contribution in [1.29, 1.82) is 0 Å². The molecule has 0 saturated heterocycles. The molecule has 0 heterocycles. The summed E-state index contributed by atoms with van der Waals surface area (Å²) in [5.41, 5.74) is 1.34. The molecule has 0 aromatic rings. The number of hydrogen-bond acceptors (Lipinski definition) is 2. The first-order valence-electron chi connectivity index (χ1n) is 4.99. The van der Waals surface area contributed by atoms with Gasteiger partial charge in [0.25, 0.3) is 0 Å². The summed E-state index contributed by atoms with van der Waals surface area (Å²) in [6, 6.07) is 0. The van der Waals surface area contributed by atoms with E-state index >= 15 is 0 Å². The molecule has 0 bridgehead atoms. The minimum Gasteiger partial charge on any atom is -0.481 e. The third kappa shape index (κ3) is 3.32. The molecule has 0 aromatic heterocycles. The van der Waals surface area contributed by atoms with Gasteiger partial charge in [-0.1, -0.05) is 11.6 Å². The Kier molecular flexibility index (Phi) is 3.86. The number of aliphatic carboxylic acids is 1. The molecule has 0 aromatic carbocycles. The first-order chi connectivity index (χ1) is 6.59. The smallest absolute Gasteiger partial charge is 0.303 e. The molecule has 0 saturated carbocycles. The lowest BCUT2D eigenvalue weighted by atomic mass is 9.86. The first kappa shape index (κ1) is 11.0. The van der Waals surface area contributed by atoms with Crippen LogP contribution in [0.25, 0.3) is 0 Å². The average Bonchev–Trinajstić information content (AvgIpc) is 2.15. The van der Waals surface area contributed by atoms with Gasteiger partial charge in [-0.05, 0) is 26.2 Å². The third-order valence-corrected chi connectivity index (χ3v) is 2.68. The summed E-state index contributed by atoms with van der Waals surface area (Å²) in [5.74, 6) is -0.713. The maximum absolute atomic E-state index is 11.5. The second-order valence-corrected chi connectivity index (χ2v) is 3.88. The third-order valence-electron chi connectivity index (χ3n) is 2.68. The van der Waals surface area contributed by atoms with E-state index in [1.807, 2.05) is 0 Å². The second kappa shape index (κ2) is 4.94. The van der Waals surface area contributed by atoms with Crippen molar-refractivity contribution in [3.05, 3.63) is 11.6 Å². The molecule has 0 radical (unpaired) electrons. The first-order valence-corrected chi connectivity index (χ1v) is 4.99. The summed E-state index contributed by atoms with van der Waals surface area (Å²) in [5, 5.41) is 8.44. The molecule has 78 valence electrons. The fourth-order valence-corrected chi connectivity index (χ4v) is 1.69. The van der Waals surface area contributed by atoms with E-state index in [4.69, 9.17) is 5.11 Å². The zero-order valence-corrected chi connectivity index (χ0v) is 8.45. The van der Waals surface area contributed by atoms with Gasteiger partial charge in [0.2, 0.25) is 0 Å². The van der Waals surface area contributed by atoms with Crippen LogP contribution in [-0.2, 0) is 9.59 Å². The number of allylic oxidation sites excluding steroid dienone is 2. The van der Waals surface area contributed by atoms with E-state index < -0.39 is 5.97 Å². The van der Waals surface area contributed by atoms with Crippen LogP contribution in [0.2, 0.25) is 0 Å². The zero-order chi connectivity index (χ0) is 10.6. The van der Waals surface area contributed by atoms with Gasteiger partial charge in [0.15, 0.2) is 0 Å². The van der Waals surface area contributed by atoms with Gasteiger partial charge in [-0.25, -0.2) is 0 Å². The second-order valence-electron chi connectivity index (χ2n) is 3.88. The molecule has 3 nitrogen and oxygen atoms in total. The normalized spacial score (nSPS) is 21.5. The van der Waals surface area contributed by atoms with Gasteiger partial charge in [-0.2, -0.15) is 0 Å². The summed E-state index contributed by atoms with van der Waals surface area (Å²) in [4.78, 5) is 21.8. The number of ketones is 1. The average molecular weight is 196 g/mol. The van der Waals surface area contributed by atoms with Crippen LogP contribution >= 0.6 is 0 Å². The van der Waals surface area contributed by atoms with E-state index in [-0.39, 0.29) is 24.5 Å². The van der Waals surface area contributed by atoms with E-state index in [1.165, 1.54) is 5.57 Å². The monoisotopic (exact) mass is 196 g/mol. The van der Waals surface area contributed by atoms with Crippen molar-refractivity contribution in [3.8, 4) is 0 Å². The van der Waals surface area contributed by atoms with Gasteiger partial charge in [0.1, 0.15) is 5.78 Å².